The smallest absolute Gasteiger partial charge is 0.165 e. The van der Waals surface area contributed by atoms with E-state index < -0.39 is 0 Å². The Hall–Kier alpha value is -1.78. The lowest BCUT2D eigenvalue weighted by atomic mass is 10.1. The zero-order chi connectivity index (χ0) is 15.2. The Bertz CT molecular complexity index is 617. The predicted molar refractivity (Wildman–Crippen MR) is 84.1 cm³/mol. The van der Waals surface area contributed by atoms with E-state index in [4.69, 9.17) is 26.8 Å². The fraction of sp³-hybridized carbons (Fsp3) is 0.312. The first-order chi connectivity index (χ1) is 10.1. The van der Waals surface area contributed by atoms with Crippen molar-refractivity contribution in [3.63, 3.8) is 0 Å². The number of nitrogens with two attached hydrogens (primary N) is 1. The Morgan fingerprint density at radius 3 is 2.71 bits per heavy atom. The maximum Gasteiger partial charge on any atom is 0.165 e. The van der Waals surface area contributed by atoms with Gasteiger partial charge in [-0.1, -0.05) is 11.6 Å². The number of benzene rings is 1. The quantitative estimate of drug-likeness (QED) is 0.891. The highest BCUT2D eigenvalue weighted by molar-refractivity contribution is 6.30. The summed E-state index contributed by atoms with van der Waals surface area (Å²) < 4.78 is 11.3. The molecule has 0 aliphatic heterocycles. The van der Waals surface area contributed by atoms with Crippen molar-refractivity contribution in [3.8, 4) is 11.5 Å². The van der Waals surface area contributed by atoms with E-state index in [0.29, 0.717) is 36.1 Å². The molecule has 1 aromatic carbocycles. The number of hydrogen-bond acceptors (Lipinski definition) is 4. The second kappa shape index (κ2) is 7.29. The molecular weight excluding hydrogens is 288 g/mol. The Balaban J connectivity index is 2.25. The summed E-state index contributed by atoms with van der Waals surface area (Å²) in [6.45, 7) is 2.94. The molecule has 0 saturated heterocycles. The normalized spacial score (nSPS) is 10.5. The fourth-order valence-electron chi connectivity index (χ4n) is 2.13. The standard InChI is InChI=1S/C16H19ClN2O2/c1-11-5-12(9-19-8-11)10-21-16-13(3-4-18)6-14(17)7-15(16)20-2/h5-9H,3-4,10,18H2,1-2H3. The van der Waals surface area contributed by atoms with Crippen LogP contribution in [0.25, 0.3) is 0 Å². The van der Waals surface area contributed by atoms with Crippen LogP contribution in [0, 0.1) is 6.92 Å². The van der Waals surface area contributed by atoms with Gasteiger partial charge < -0.3 is 15.2 Å². The van der Waals surface area contributed by atoms with Crippen LogP contribution in [-0.2, 0) is 13.0 Å². The van der Waals surface area contributed by atoms with E-state index in [9.17, 15) is 0 Å². The number of ether oxygens (including phenoxy) is 2. The molecule has 0 aliphatic carbocycles. The molecule has 0 atom stereocenters. The van der Waals surface area contributed by atoms with Gasteiger partial charge in [-0.25, -0.2) is 0 Å². The van der Waals surface area contributed by atoms with Gasteiger partial charge in [0.1, 0.15) is 6.61 Å². The van der Waals surface area contributed by atoms with Gasteiger partial charge in [-0.3, -0.25) is 4.98 Å². The fourth-order valence-corrected chi connectivity index (χ4v) is 2.36. The third-order valence-electron chi connectivity index (χ3n) is 3.04. The van der Waals surface area contributed by atoms with Crippen LogP contribution in [0.4, 0.5) is 0 Å². The molecule has 5 heteroatoms. The topological polar surface area (TPSA) is 57.4 Å². The van der Waals surface area contributed by atoms with E-state index in [-0.39, 0.29) is 0 Å². The van der Waals surface area contributed by atoms with E-state index in [1.807, 2.05) is 25.3 Å². The van der Waals surface area contributed by atoms with E-state index in [2.05, 4.69) is 4.98 Å². The summed E-state index contributed by atoms with van der Waals surface area (Å²) in [7, 11) is 1.60. The van der Waals surface area contributed by atoms with Gasteiger partial charge in [0.05, 0.1) is 7.11 Å². The zero-order valence-corrected chi connectivity index (χ0v) is 13.0. The van der Waals surface area contributed by atoms with Crippen LogP contribution < -0.4 is 15.2 Å². The lowest BCUT2D eigenvalue weighted by molar-refractivity contribution is 0.281. The molecule has 4 nitrogen and oxygen atoms in total. The summed E-state index contributed by atoms with van der Waals surface area (Å²) >= 11 is 6.09. The number of hydrogen-bond donors (Lipinski definition) is 1. The molecule has 0 saturated carbocycles. The van der Waals surface area contributed by atoms with Crippen LogP contribution in [0.5, 0.6) is 11.5 Å². The third kappa shape index (κ3) is 4.09. The van der Waals surface area contributed by atoms with Gasteiger partial charge in [0.2, 0.25) is 0 Å². The third-order valence-corrected chi connectivity index (χ3v) is 3.26. The molecule has 0 aliphatic rings. The number of pyridine rings is 1. The summed E-state index contributed by atoms with van der Waals surface area (Å²) in [5.74, 6) is 1.31. The first-order valence-corrected chi connectivity index (χ1v) is 7.11. The lowest BCUT2D eigenvalue weighted by Crippen LogP contribution is -2.07. The predicted octanol–water partition coefficient (Wildman–Crippen LogP) is 3.13. The largest absolute Gasteiger partial charge is 0.493 e. The number of methoxy groups -OCH3 is 1. The van der Waals surface area contributed by atoms with Crippen molar-refractivity contribution in [3.05, 3.63) is 52.3 Å². The summed E-state index contributed by atoms with van der Waals surface area (Å²) in [5.41, 5.74) is 8.70. The van der Waals surface area contributed by atoms with Crippen molar-refractivity contribution in [2.45, 2.75) is 20.0 Å². The first-order valence-electron chi connectivity index (χ1n) is 6.74. The summed E-state index contributed by atoms with van der Waals surface area (Å²) in [6.07, 6.45) is 4.28. The van der Waals surface area contributed by atoms with Gasteiger partial charge in [0.15, 0.2) is 11.5 Å². The minimum atomic E-state index is 0.421. The highest BCUT2D eigenvalue weighted by atomic mass is 35.5. The molecule has 0 radical (unpaired) electrons. The van der Waals surface area contributed by atoms with Crippen LogP contribution in [0.15, 0.2) is 30.6 Å². The van der Waals surface area contributed by atoms with Crippen LogP contribution in [0.2, 0.25) is 5.02 Å². The maximum absolute atomic E-state index is 6.09. The second-order valence-electron chi connectivity index (χ2n) is 4.79. The van der Waals surface area contributed by atoms with Crippen LogP contribution in [0.1, 0.15) is 16.7 Å². The van der Waals surface area contributed by atoms with Gasteiger partial charge in [-0.2, -0.15) is 0 Å². The molecule has 0 unspecified atom stereocenters. The van der Waals surface area contributed by atoms with Crippen molar-refractivity contribution in [1.29, 1.82) is 0 Å². The Labute approximate surface area is 129 Å². The van der Waals surface area contributed by atoms with Gasteiger partial charge >= 0.3 is 0 Å². The highest BCUT2D eigenvalue weighted by Crippen LogP contribution is 2.35. The highest BCUT2D eigenvalue weighted by Gasteiger charge is 2.13. The Kier molecular flexibility index (Phi) is 5.42. The molecule has 0 fully saturated rings. The van der Waals surface area contributed by atoms with Crippen LogP contribution in [0.3, 0.4) is 0 Å². The van der Waals surface area contributed by atoms with Crippen LogP contribution >= 0.6 is 11.6 Å². The SMILES string of the molecule is COc1cc(Cl)cc(CCN)c1OCc1cncc(C)c1. The number of aromatic nitrogens is 1. The van der Waals surface area contributed by atoms with Crippen molar-refractivity contribution in [1.82, 2.24) is 4.98 Å². The number of rotatable bonds is 6. The molecule has 0 spiro atoms. The molecule has 1 aromatic heterocycles. The first kappa shape index (κ1) is 15.6. The van der Waals surface area contributed by atoms with Gasteiger partial charge in [0, 0.05) is 34.6 Å². The lowest BCUT2D eigenvalue weighted by Gasteiger charge is -2.15. The molecule has 0 amide bonds. The molecule has 0 bridgehead atoms. The number of nitrogens with zero attached hydrogens (tertiary/aromatic N) is 1. The van der Waals surface area contributed by atoms with E-state index in [0.717, 1.165) is 16.7 Å². The molecule has 21 heavy (non-hydrogen) atoms. The summed E-state index contributed by atoms with van der Waals surface area (Å²) in [6, 6.07) is 5.64. The summed E-state index contributed by atoms with van der Waals surface area (Å²) in [5, 5.41) is 0.611. The number of halogens is 1. The van der Waals surface area contributed by atoms with E-state index >= 15 is 0 Å². The maximum atomic E-state index is 6.09. The van der Waals surface area contributed by atoms with Crippen LogP contribution in [-0.4, -0.2) is 18.6 Å². The number of aryl methyl sites for hydroxylation is 1. The van der Waals surface area contributed by atoms with E-state index in [1.54, 1.807) is 19.4 Å². The molecular formula is C16H19ClN2O2. The summed E-state index contributed by atoms with van der Waals surface area (Å²) in [4.78, 5) is 4.16. The zero-order valence-electron chi connectivity index (χ0n) is 12.2. The molecule has 1 heterocycles. The van der Waals surface area contributed by atoms with Gasteiger partial charge in [-0.05, 0) is 37.6 Å². The molecule has 2 N–H and O–H groups in total. The average molecular weight is 307 g/mol. The molecule has 2 rings (SSSR count). The monoisotopic (exact) mass is 306 g/mol. The van der Waals surface area contributed by atoms with Crippen molar-refractivity contribution in [2.24, 2.45) is 5.73 Å². The van der Waals surface area contributed by atoms with Gasteiger partial charge in [0.25, 0.3) is 0 Å². The average Bonchev–Trinajstić information content (AvgIpc) is 2.46. The second-order valence-corrected chi connectivity index (χ2v) is 5.23. The molecule has 112 valence electrons. The van der Waals surface area contributed by atoms with Crippen molar-refractivity contribution >= 4 is 11.6 Å². The van der Waals surface area contributed by atoms with Crippen molar-refractivity contribution < 1.29 is 9.47 Å². The minimum Gasteiger partial charge on any atom is -0.493 e. The van der Waals surface area contributed by atoms with Crippen molar-refractivity contribution in [2.75, 3.05) is 13.7 Å². The van der Waals surface area contributed by atoms with E-state index in [1.165, 1.54) is 0 Å². The minimum absolute atomic E-state index is 0.421. The molecule has 2 aromatic rings. The van der Waals surface area contributed by atoms with Gasteiger partial charge in [-0.15, -0.1) is 0 Å². The Morgan fingerprint density at radius 1 is 1.24 bits per heavy atom. The Morgan fingerprint density at radius 2 is 2.05 bits per heavy atom.